The van der Waals surface area contributed by atoms with Crippen molar-refractivity contribution in [3.8, 4) is 22.1 Å². The van der Waals surface area contributed by atoms with Gasteiger partial charge in [0.1, 0.15) is 10.7 Å². The number of piperazine rings is 1. The Morgan fingerprint density at radius 1 is 1.03 bits per heavy atom. The fourth-order valence-corrected chi connectivity index (χ4v) is 4.45. The Hall–Kier alpha value is -2.77. The summed E-state index contributed by atoms with van der Waals surface area (Å²) in [5.74, 6) is 1.26. The molecule has 1 aliphatic heterocycles. The normalized spacial score (nSPS) is 14.0. The minimum Gasteiger partial charge on any atom is -0.493 e. The Morgan fingerprint density at radius 2 is 1.80 bits per heavy atom. The average molecular weight is 444 g/mol. The lowest BCUT2D eigenvalue weighted by Gasteiger charge is -2.35. The molecule has 8 heteroatoms. The summed E-state index contributed by atoms with van der Waals surface area (Å²) in [5.41, 5.74) is 2.45. The van der Waals surface area contributed by atoms with E-state index in [-0.39, 0.29) is 5.91 Å². The van der Waals surface area contributed by atoms with Crippen molar-refractivity contribution in [3.63, 3.8) is 0 Å². The predicted molar refractivity (Wildman–Crippen MR) is 120 cm³/mol. The third kappa shape index (κ3) is 4.22. The Balaban J connectivity index is 1.44. The maximum absolute atomic E-state index is 13.0. The molecular weight excluding hydrogens is 422 g/mol. The number of anilines is 1. The highest BCUT2D eigenvalue weighted by atomic mass is 35.5. The lowest BCUT2D eigenvalue weighted by Crippen LogP contribution is -2.48. The summed E-state index contributed by atoms with van der Waals surface area (Å²) in [7, 11) is 3.20. The number of thiazole rings is 1. The van der Waals surface area contributed by atoms with Gasteiger partial charge in [-0.2, -0.15) is 0 Å². The van der Waals surface area contributed by atoms with Crippen LogP contribution in [-0.2, 0) is 0 Å². The number of hydrogen-bond donors (Lipinski definition) is 0. The number of amides is 1. The van der Waals surface area contributed by atoms with Crippen molar-refractivity contribution < 1.29 is 14.3 Å². The first kappa shape index (κ1) is 20.5. The summed E-state index contributed by atoms with van der Waals surface area (Å²) in [6.45, 7) is 2.82. The molecule has 3 aromatic rings. The zero-order chi connectivity index (χ0) is 21.1. The molecular formula is C22H22ClN3O3S. The van der Waals surface area contributed by atoms with Crippen molar-refractivity contribution in [2.24, 2.45) is 0 Å². The first-order valence-electron chi connectivity index (χ1n) is 9.57. The molecule has 2 aromatic carbocycles. The van der Waals surface area contributed by atoms with Gasteiger partial charge in [0.05, 0.1) is 14.2 Å². The van der Waals surface area contributed by atoms with E-state index in [1.54, 1.807) is 14.2 Å². The molecule has 0 atom stereocenters. The van der Waals surface area contributed by atoms with Crippen LogP contribution >= 0.6 is 22.9 Å². The SMILES string of the molecule is COc1ccc(-c2nc(C(=O)N3CCN(c4cccc(Cl)c4)CC3)cs2)cc1OC. The number of carbonyl (C=O) groups excluding carboxylic acids is 1. The summed E-state index contributed by atoms with van der Waals surface area (Å²) in [6.07, 6.45) is 0. The fraction of sp³-hybridized carbons (Fsp3) is 0.273. The van der Waals surface area contributed by atoms with Crippen LogP contribution in [0.15, 0.2) is 47.8 Å². The first-order chi connectivity index (χ1) is 14.6. The molecule has 4 rings (SSSR count). The Labute approximate surface area is 184 Å². The van der Waals surface area contributed by atoms with E-state index in [1.165, 1.54) is 11.3 Å². The number of benzene rings is 2. The van der Waals surface area contributed by atoms with Crippen molar-refractivity contribution in [2.75, 3.05) is 45.3 Å². The monoisotopic (exact) mass is 443 g/mol. The van der Waals surface area contributed by atoms with E-state index in [9.17, 15) is 4.79 Å². The summed E-state index contributed by atoms with van der Waals surface area (Å²) in [5, 5.41) is 3.31. The topological polar surface area (TPSA) is 54.9 Å². The van der Waals surface area contributed by atoms with E-state index < -0.39 is 0 Å². The first-order valence-corrected chi connectivity index (χ1v) is 10.8. The molecule has 0 spiro atoms. The molecule has 2 heterocycles. The average Bonchev–Trinajstić information content (AvgIpc) is 3.28. The van der Waals surface area contributed by atoms with Crippen LogP contribution in [-0.4, -0.2) is 56.2 Å². The third-order valence-electron chi connectivity index (χ3n) is 5.09. The molecule has 1 fully saturated rings. The molecule has 0 N–H and O–H groups in total. The van der Waals surface area contributed by atoms with Crippen LogP contribution in [0.5, 0.6) is 11.5 Å². The van der Waals surface area contributed by atoms with Gasteiger partial charge in [-0.05, 0) is 36.4 Å². The smallest absolute Gasteiger partial charge is 0.273 e. The van der Waals surface area contributed by atoms with Crippen LogP contribution in [0.2, 0.25) is 5.02 Å². The number of carbonyl (C=O) groups is 1. The fourth-order valence-electron chi connectivity index (χ4n) is 3.48. The van der Waals surface area contributed by atoms with Crippen molar-refractivity contribution in [1.82, 2.24) is 9.88 Å². The summed E-state index contributed by atoms with van der Waals surface area (Å²) >= 11 is 7.55. The van der Waals surface area contributed by atoms with Crippen LogP contribution < -0.4 is 14.4 Å². The molecule has 6 nitrogen and oxygen atoms in total. The highest BCUT2D eigenvalue weighted by Gasteiger charge is 2.24. The number of rotatable bonds is 5. The van der Waals surface area contributed by atoms with E-state index in [1.807, 2.05) is 52.7 Å². The molecule has 1 amide bonds. The second-order valence-corrected chi connectivity index (χ2v) is 8.16. The summed E-state index contributed by atoms with van der Waals surface area (Å²) in [6, 6.07) is 13.4. The van der Waals surface area contributed by atoms with Crippen LogP contribution in [0.4, 0.5) is 5.69 Å². The number of ether oxygens (including phenoxy) is 2. The largest absolute Gasteiger partial charge is 0.493 e. The molecule has 0 radical (unpaired) electrons. The Bertz CT molecular complexity index is 1050. The maximum atomic E-state index is 13.0. The molecule has 1 saturated heterocycles. The van der Waals surface area contributed by atoms with Crippen molar-refractivity contribution in [1.29, 1.82) is 0 Å². The van der Waals surface area contributed by atoms with Gasteiger partial charge in [0.2, 0.25) is 0 Å². The second kappa shape index (κ2) is 8.93. The minimum atomic E-state index is -0.0382. The zero-order valence-corrected chi connectivity index (χ0v) is 18.4. The van der Waals surface area contributed by atoms with E-state index >= 15 is 0 Å². The molecule has 1 aliphatic rings. The van der Waals surface area contributed by atoms with Gasteiger partial charge >= 0.3 is 0 Å². The number of halogens is 1. The van der Waals surface area contributed by atoms with E-state index in [0.29, 0.717) is 30.3 Å². The molecule has 0 saturated carbocycles. The van der Waals surface area contributed by atoms with E-state index in [4.69, 9.17) is 21.1 Å². The molecule has 30 heavy (non-hydrogen) atoms. The molecule has 156 valence electrons. The maximum Gasteiger partial charge on any atom is 0.273 e. The lowest BCUT2D eigenvalue weighted by molar-refractivity contribution is 0.0742. The van der Waals surface area contributed by atoms with Crippen LogP contribution in [0.3, 0.4) is 0 Å². The number of aromatic nitrogens is 1. The number of hydrogen-bond acceptors (Lipinski definition) is 6. The van der Waals surface area contributed by atoms with Gasteiger partial charge in [-0.25, -0.2) is 4.98 Å². The van der Waals surface area contributed by atoms with Gasteiger partial charge in [0.25, 0.3) is 5.91 Å². The predicted octanol–water partition coefficient (Wildman–Crippen LogP) is 4.44. The molecule has 0 aliphatic carbocycles. The van der Waals surface area contributed by atoms with E-state index in [2.05, 4.69) is 9.88 Å². The Kier molecular flexibility index (Phi) is 6.11. The second-order valence-electron chi connectivity index (χ2n) is 6.87. The number of methoxy groups -OCH3 is 2. The van der Waals surface area contributed by atoms with Gasteiger partial charge in [0, 0.05) is 47.8 Å². The standard InChI is InChI=1S/C22H22ClN3O3S/c1-28-19-7-6-15(12-20(19)29-2)21-24-18(14-30-21)22(27)26-10-8-25(9-11-26)17-5-3-4-16(23)13-17/h3-7,12-14H,8-11H2,1-2H3. The summed E-state index contributed by atoms with van der Waals surface area (Å²) in [4.78, 5) is 21.6. The van der Waals surface area contributed by atoms with Crippen molar-refractivity contribution >= 4 is 34.5 Å². The van der Waals surface area contributed by atoms with Gasteiger partial charge in [-0.1, -0.05) is 17.7 Å². The highest BCUT2D eigenvalue weighted by molar-refractivity contribution is 7.13. The molecule has 0 bridgehead atoms. The molecule has 0 unspecified atom stereocenters. The van der Waals surface area contributed by atoms with Gasteiger partial charge < -0.3 is 19.3 Å². The van der Waals surface area contributed by atoms with Crippen LogP contribution in [0.1, 0.15) is 10.5 Å². The van der Waals surface area contributed by atoms with Gasteiger partial charge in [-0.15, -0.1) is 11.3 Å². The van der Waals surface area contributed by atoms with E-state index in [0.717, 1.165) is 34.4 Å². The number of nitrogens with zero attached hydrogens (tertiary/aromatic N) is 3. The quantitative estimate of drug-likeness (QED) is 0.583. The molecule has 1 aromatic heterocycles. The highest BCUT2D eigenvalue weighted by Crippen LogP contribution is 2.33. The summed E-state index contributed by atoms with van der Waals surface area (Å²) < 4.78 is 10.6. The third-order valence-corrected chi connectivity index (χ3v) is 6.22. The van der Waals surface area contributed by atoms with Crippen molar-refractivity contribution in [2.45, 2.75) is 0 Å². The van der Waals surface area contributed by atoms with Crippen molar-refractivity contribution in [3.05, 3.63) is 58.6 Å². The zero-order valence-electron chi connectivity index (χ0n) is 16.8. The van der Waals surface area contributed by atoms with Gasteiger partial charge in [0.15, 0.2) is 11.5 Å². The van der Waals surface area contributed by atoms with Gasteiger partial charge in [-0.3, -0.25) is 4.79 Å². The minimum absolute atomic E-state index is 0.0382. The Morgan fingerprint density at radius 3 is 2.50 bits per heavy atom. The van der Waals surface area contributed by atoms with Crippen LogP contribution in [0.25, 0.3) is 10.6 Å². The lowest BCUT2D eigenvalue weighted by atomic mass is 10.2. The van der Waals surface area contributed by atoms with Crippen LogP contribution in [0, 0.1) is 0 Å².